The Kier molecular flexibility index (Phi) is 5.81. The van der Waals surface area contributed by atoms with Crippen LogP contribution in [0.1, 0.15) is 23.6 Å². The van der Waals surface area contributed by atoms with Crippen molar-refractivity contribution in [1.29, 1.82) is 0 Å². The molecule has 2 aromatic carbocycles. The van der Waals surface area contributed by atoms with Gasteiger partial charge in [-0.3, -0.25) is 4.79 Å². The monoisotopic (exact) mass is 383 g/mol. The van der Waals surface area contributed by atoms with Crippen molar-refractivity contribution >= 4 is 17.5 Å². The summed E-state index contributed by atoms with van der Waals surface area (Å²) in [5.74, 6) is 0.455. The highest BCUT2D eigenvalue weighted by Crippen LogP contribution is 2.26. The summed E-state index contributed by atoms with van der Waals surface area (Å²) >= 11 is 6.18. The number of hydrogen-bond acceptors (Lipinski definition) is 3. The van der Waals surface area contributed by atoms with E-state index in [2.05, 4.69) is 10.3 Å². The molecular formula is C21H22ClN3O2. The van der Waals surface area contributed by atoms with Crippen LogP contribution >= 0.6 is 11.6 Å². The molecular weight excluding hydrogens is 362 g/mol. The van der Waals surface area contributed by atoms with Crippen molar-refractivity contribution in [3.63, 3.8) is 0 Å². The molecule has 1 N–H and O–H groups in total. The lowest BCUT2D eigenvalue weighted by Gasteiger charge is -2.17. The molecule has 0 aliphatic carbocycles. The maximum absolute atomic E-state index is 12.5. The molecule has 0 fully saturated rings. The zero-order valence-electron chi connectivity index (χ0n) is 15.6. The lowest BCUT2D eigenvalue weighted by molar-refractivity contribution is -0.127. The summed E-state index contributed by atoms with van der Waals surface area (Å²) in [5, 5.41) is 3.66. The van der Waals surface area contributed by atoms with E-state index in [4.69, 9.17) is 16.3 Å². The average molecular weight is 384 g/mol. The molecule has 0 aliphatic rings. The first-order valence-corrected chi connectivity index (χ1v) is 9.11. The van der Waals surface area contributed by atoms with Crippen LogP contribution in [0.5, 0.6) is 5.75 Å². The van der Waals surface area contributed by atoms with Crippen LogP contribution < -0.4 is 10.1 Å². The minimum Gasteiger partial charge on any atom is -0.481 e. The van der Waals surface area contributed by atoms with Gasteiger partial charge in [-0.15, -0.1) is 0 Å². The van der Waals surface area contributed by atoms with Crippen molar-refractivity contribution < 1.29 is 9.53 Å². The Morgan fingerprint density at radius 2 is 1.96 bits per heavy atom. The number of benzene rings is 2. The molecule has 0 bridgehead atoms. The lowest BCUT2D eigenvalue weighted by atomic mass is 10.1. The first kappa shape index (κ1) is 19.0. The second-order valence-corrected chi connectivity index (χ2v) is 6.83. The minimum atomic E-state index is -0.620. The number of imidazole rings is 1. The van der Waals surface area contributed by atoms with Crippen LogP contribution in [-0.2, 0) is 11.3 Å². The van der Waals surface area contributed by atoms with Crippen molar-refractivity contribution in [2.75, 3.05) is 0 Å². The molecule has 27 heavy (non-hydrogen) atoms. The van der Waals surface area contributed by atoms with Crippen molar-refractivity contribution in [2.45, 2.75) is 33.4 Å². The quantitative estimate of drug-likeness (QED) is 0.693. The van der Waals surface area contributed by atoms with E-state index in [-0.39, 0.29) is 5.91 Å². The molecule has 1 aromatic heterocycles. The van der Waals surface area contributed by atoms with E-state index in [1.54, 1.807) is 19.4 Å². The fourth-order valence-corrected chi connectivity index (χ4v) is 2.98. The minimum absolute atomic E-state index is 0.180. The summed E-state index contributed by atoms with van der Waals surface area (Å²) in [6.45, 7) is 5.97. The third-order valence-corrected chi connectivity index (χ3v) is 4.92. The normalized spacial score (nSPS) is 11.9. The Morgan fingerprint density at radius 1 is 1.26 bits per heavy atom. The van der Waals surface area contributed by atoms with Gasteiger partial charge in [-0.2, -0.15) is 0 Å². The molecule has 0 saturated heterocycles. The SMILES string of the molecule is Cc1cc(OC(C)C(=O)NCc2ccccc2-n2ccnc2)cc(C)c1Cl. The van der Waals surface area contributed by atoms with Crippen molar-refractivity contribution in [3.05, 3.63) is 76.8 Å². The van der Waals surface area contributed by atoms with E-state index in [1.165, 1.54) is 0 Å². The summed E-state index contributed by atoms with van der Waals surface area (Å²) in [5.41, 5.74) is 3.82. The van der Waals surface area contributed by atoms with Crippen molar-refractivity contribution in [1.82, 2.24) is 14.9 Å². The molecule has 6 heteroatoms. The number of carbonyl (C=O) groups excluding carboxylic acids is 1. The molecule has 0 radical (unpaired) electrons. The fourth-order valence-electron chi connectivity index (χ4n) is 2.87. The number of aromatic nitrogens is 2. The number of halogens is 1. The van der Waals surface area contributed by atoms with Crippen LogP contribution in [0.15, 0.2) is 55.1 Å². The second-order valence-electron chi connectivity index (χ2n) is 6.45. The second kappa shape index (κ2) is 8.27. The molecule has 3 rings (SSSR count). The highest BCUT2D eigenvalue weighted by molar-refractivity contribution is 6.32. The van der Waals surface area contributed by atoms with Crippen molar-refractivity contribution in [3.8, 4) is 11.4 Å². The van der Waals surface area contributed by atoms with Gasteiger partial charge in [0.1, 0.15) is 5.75 Å². The predicted octanol–water partition coefficient (Wildman–Crippen LogP) is 4.23. The largest absolute Gasteiger partial charge is 0.481 e. The Bertz CT molecular complexity index is 915. The molecule has 5 nitrogen and oxygen atoms in total. The highest BCUT2D eigenvalue weighted by atomic mass is 35.5. The summed E-state index contributed by atoms with van der Waals surface area (Å²) in [6.07, 6.45) is 4.71. The fraction of sp³-hybridized carbons (Fsp3) is 0.238. The summed E-state index contributed by atoms with van der Waals surface area (Å²) in [7, 11) is 0. The third-order valence-electron chi connectivity index (χ3n) is 4.32. The van der Waals surface area contributed by atoms with Gasteiger partial charge in [-0.25, -0.2) is 4.98 Å². The van der Waals surface area contributed by atoms with Gasteiger partial charge in [0.05, 0.1) is 12.0 Å². The van der Waals surface area contributed by atoms with E-state index in [0.29, 0.717) is 12.3 Å². The zero-order chi connectivity index (χ0) is 19.4. The number of ether oxygens (including phenoxy) is 1. The van der Waals surface area contributed by atoms with Crippen LogP contribution in [0.3, 0.4) is 0 Å². The van der Waals surface area contributed by atoms with E-state index < -0.39 is 6.10 Å². The number of rotatable bonds is 6. The van der Waals surface area contributed by atoms with E-state index >= 15 is 0 Å². The maximum atomic E-state index is 12.5. The van der Waals surface area contributed by atoms with Gasteiger partial charge < -0.3 is 14.6 Å². The molecule has 1 atom stereocenters. The van der Waals surface area contributed by atoms with Crippen LogP contribution in [0.4, 0.5) is 0 Å². The number of amides is 1. The number of carbonyl (C=O) groups is 1. The number of nitrogens with zero attached hydrogens (tertiary/aromatic N) is 2. The smallest absolute Gasteiger partial charge is 0.261 e. The average Bonchev–Trinajstić information content (AvgIpc) is 3.18. The Balaban J connectivity index is 1.65. The Morgan fingerprint density at radius 3 is 2.63 bits per heavy atom. The van der Waals surface area contributed by atoms with Crippen LogP contribution in [0.25, 0.3) is 5.69 Å². The van der Waals surface area contributed by atoms with Crippen molar-refractivity contribution in [2.24, 2.45) is 0 Å². The van der Waals surface area contributed by atoms with E-state index in [0.717, 1.165) is 27.4 Å². The van der Waals surface area contributed by atoms with Crippen LogP contribution in [-0.4, -0.2) is 21.6 Å². The highest BCUT2D eigenvalue weighted by Gasteiger charge is 2.16. The molecule has 0 saturated carbocycles. The van der Waals surface area contributed by atoms with E-state index in [9.17, 15) is 4.79 Å². The van der Waals surface area contributed by atoms with Gasteiger partial charge in [0.25, 0.3) is 5.91 Å². The third kappa shape index (κ3) is 4.49. The number of para-hydroxylation sites is 1. The molecule has 1 amide bonds. The summed E-state index contributed by atoms with van der Waals surface area (Å²) in [4.78, 5) is 16.6. The first-order chi connectivity index (χ1) is 13.0. The number of hydrogen-bond donors (Lipinski definition) is 1. The van der Waals surface area contributed by atoms with Gasteiger partial charge in [0.2, 0.25) is 0 Å². The van der Waals surface area contributed by atoms with E-state index in [1.807, 2.05) is 61.0 Å². The summed E-state index contributed by atoms with van der Waals surface area (Å²) in [6, 6.07) is 11.6. The van der Waals surface area contributed by atoms with Gasteiger partial charge >= 0.3 is 0 Å². The van der Waals surface area contributed by atoms with Gasteiger partial charge in [-0.05, 0) is 55.7 Å². The summed E-state index contributed by atoms with van der Waals surface area (Å²) < 4.78 is 7.72. The van der Waals surface area contributed by atoms with Gasteiger partial charge in [0.15, 0.2) is 6.10 Å². The molecule has 0 spiro atoms. The predicted molar refractivity (Wildman–Crippen MR) is 106 cm³/mol. The van der Waals surface area contributed by atoms with Gasteiger partial charge in [0, 0.05) is 24.0 Å². The molecule has 3 aromatic rings. The number of aryl methyl sites for hydroxylation is 2. The topological polar surface area (TPSA) is 56.1 Å². The molecule has 1 heterocycles. The van der Waals surface area contributed by atoms with Crippen LogP contribution in [0, 0.1) is 13.8 Å². The Hall–Kier alpha value is -2.79. The standard InChI is InChI=1S/C21H22ClN3O2/c1-14-10-18(11-15(2)20(14)22)27-16(3)21(26)24-12-17-6-4-5-7-19(17)25-9-8-23-13-25/h4-11,13,16H,12H2,1-3H3,(H,24,26). The van der Waals surface area contributed by atoms with Gasteiger partial charge in [-0.1, -0.05) is 29.8 Å². The lowest BCUT2D eigenvalue weighted by Crippen LogP contribution is -2.36. The first-order valence-electron chi connectivity index (χ1n) is 8.73. The number of nitrogens with one attached hydrogen (secondary N) is 1. The molecule has 140 valence electrons. The van der Waals surface area contributed by atoms with Crippen LogP contribution in [0.2, 0.25) is 5.02 Å². The molecule has 1 unspecified atom stereocenters. The maximum Gasteiger partial charge on any atom is 0.261 e. The Labute approximate surface area is 164 Å². The molecule has 0 aliphatic heterocycles. The zero-order valence-corrected chi connectivity index (χ0v) is 16.3.